The third-order valence-corrected chi connectivity index (χ3v) is 3.73. The Morgan fingerprint density at radius 1 is 1.00 bits per heavy atom. The Hall–Kier alpha value is -2.29. The molecule has 0 fully saturated rings. The molecule has 22 heavy (non-hydrogen) atoms. The van der Waals surface area contributed by atoms with E-state index in [-0.39, 0.29) is 11.9 Å². The second-order valence-corrected chi connectivity index (χ2v) is 5.62. The Bertz CT molecular complexity index is 602. The zero-order chi connectivity index (χ0) is 15.9. The first-order chi connectivity index (χ1) is 10.6. The summed E-state index contributed by atoms with van der Waals surface area (Å²) in [6.07, 6.45) is 1.02. The summed E-state index contributed by atoms with van der Waals surface area (Å²) in [7, 11) is 0. The SMILES string of the molecule is CCc1ccc(NC(C)C(=O)NCc2ccc(C)cc2)cc1. The average Bonchev–Trinajstić information content (AvgIpc) is 2.54. The molecule has 0 radical (unpaired) electrons. The van der Waals surface area contributed by atoms with Crippen LogP contribution in [0.4, 0.5) is 5.69 Å². The van der Waals surface area contributed by atoms with Crippen molar-refractivity contribution in [2.24, 2.45) is 0 Å². The summed E-state index contributed by atoms with van der Waals surface area (Å²) in [5.41, 5.74) is 4.59. The van der Waals surface area contributed by atoms with E-state index in [4.69, 9.17) is 0 Å². The Labute approximate surface area is 132 Å². The number of benzene rings is 2. The number of carbonyl (C=O) groups excluding carboxylic acids is 1. The van der Waals surface area contributed by atoms with Gasteiger partial charge in [0, 0.05) is 12.2 Å². The van der Waals surface area contributed by atoms with Gasteiger partial charge in [-0.15, -0.1) is 0 Å². The van der Waals surface area contributed by atoms with Crippen LogP contribution in [0.5, 0.6) is 0 Å². The maximum absolute atomic E-state index is 12.1. The molecule has 0 aliphatic heterocycles. The van der Waals surface area contributed by atoms with E-state index in [9.17, 15) is 4.79 Å². The molecule has 0 saturated heterocycles. The van der Waals surface area contributed by atoms with Gasteiger partial charge in [-0.1, -0.05) is 48.9 Å². The lowest BCUT2D eigenvalue weighted by atomic mass is 10.1. The molecule has 1 atom stereocenters. The van der Waals surface area contributed by atoms with Gasteiger partial charge < -0.3 is 10.6 Å². The van der Waals surface area contributed by atoms with Gasteiger partial charge in [0.05, 0.1) is 0 Å². The number of hydrogen-bond acceptors (Lipinski definition) is 2. The highest BCUT2D eigenvalue weighted by Crippen LogP contribution is 2.11. The van der Waals surface area contributed by atoms with Gasteiger partial charge in [-0.3, -0.25) is 4.79 Å². The molecule has 0 aromatic heterocycles. The van der Waals surface area contributed by atoms with Crippen molar-refractivity contribution in [2.75, 3.05) is 5.32 Å². The number of amides is 1. The quantitative estimate of drug-likeness (QED) is 0.854. The van der Waals surface area contributed by atoms with Gasteiger partial charge in [0.25, 0.3) is 0 Å². The van der Waals surface area contributed by atoms with E-state index in [1.165, 1.54) is 11.1 Å². The summed E-state index contributed by atoms with van der Waals surface area (Å²) >= 11 is 0. The molecule has 0 heterocycles. The predicted molar refractivity (Wildman–Crippen MR) is 91.9 cm³/mol. The minimum Gasteiger partial charge on any atom is -0.374 e. The van der Waals surface area contributed by atoms with Crippen LogP contribution >= 0.6 is 0 Å². The topological polar surface area (TPSA) is 41.1 Å². The Kier molecular flexibility index (Phi) is 5.59. The van der Waals surface area contributed by atoms with Crippen LogP contribution in [0, 0.1) is 6.92 Å². The van der Waals surface area contributed by atoms with E-state index in [1.54, 1.807) is 0 Å². The molecule has 116 valence electrons. The van der Waals surface area contributed by atoms with E-state index in [1.807, 2.05) is 31.2 Å². The molecule has 3 heteroatoms. The molecule has 2 rings (SSSR count). The van der Waals surface area contributed by atoms with Crippen LogP contribution in [0.2, 0.25) is 0 Å². The van der Waals surface area contributed by atoms with Crippen LogP contribution < -0.4 is 10.6 Å². The third kappa shape index (κ3) is 4.62. The second kappa shape index (κ2) is 7.64. The minimum absolute atomic E-state index is 0.000132. The highest BCUT2D eigenvalue weighted by Gasteiger charge is 2.11. The first kappa shape index (κ1) is 16.1. The fraction of sp³-hybridized carbons (Fsp3) is 0.316. The molecule has 0 aliphatic rings. The largest absolute Gasteiger partial charge is 0.374 e. The van der Waals surface area contributed by atoms with Crippen molar-refractivity contribution in [3.63, 3.8) is 0 Å². The van der Waals surface area contributed by atoms with E-state index in [0.717, 1.165) is 17.7 Å². The van der Waals surface area contributed by atoms with E-state index >= 15 is 0 Å². The first-order valence-corrected chi connectivity index (χ1v) is 7.77. The molecule has 1 unspecified atom stereocenters. The fourth-order valence-electron chi connectivity index (χ4n) is 2.20. The molecule has 0 aliphatic carbocycles. The van der Waals surface area contributed by atoms with Crippen LogP contribution in [0.3, 0.4) is 0 Å². The van der Waals surface area contributed by atoms with Crippen molar-refractivity contribution in [1.29, 1.82) is 0 Å². The summed E-state index contributed by atoms with van der Waals surface area (Å²) < 4.78 is 0. The maximum Gasteiger partial charge on any atom is 0.242 e. The molecule has 2 aromatic rings. The fourth-order valence-corrected chi connectivity index (χ4v) is 2.20. The van der Waals surface area contributed by atoms with Crippen LogP contribution in [-0.2, 0) is 17.8 Å². The van der Waals surface area contributed by atoms with Gasteiger partial charge in [0.15, 0.2) is 0 Å². The first-order valence-electron chi connectivity index (χ1n) is 7.77. The number of anilines is 1. The second-order valence-electron chi connectivity index (χ2n) is 5.62. The number of carbonyl (C=O) groups is 1. The van der Waals surface area contributed by atoms with Gasteiger partial charge in [0.1, 0.15) is 6.04 Å². The zero-order valence-electron chi connectivity index (χ0n) is 13.5. The summed E-state index contributed by atoms with van der Waals surface area (Å²) in [4.78, 5) is 12.1. The highest BCUT2D eigenvalue weighted by atomic mass is 16.2. The average molecular weight is 296 g/mol. The Balaban J connectivity index is 1.84. The van der Waals surface area contributed by atoms with E-state index < -0.39 is 0 Å². The zero-order valence-corrected chi connectivity index (χ0v) is 13.5. The van der Waals surface area contributed by atoms with Gasteiger partial charge >= 0.3 is 0 Å². The van der Waals surface area contributed by atoms with Crippen molar-refractivity contribution in [3.05, 3.63) is 65.2 Å². The van der Waals surface area contributed by atoms with Crippen molar-refractivity contribution in [1.82, 2.24) is 5.32 Å². The number of nitrogens with one attached hydrogen (secondary N) is 2. The molecule has 2 aromatic carbocycles. The predicted octanol–water partition coefficient (Wildman–Crippen LogP) is 3.67. The van der Waals surface area contributed by atoms with Gasteiger partial charge in [0.2, 0.25) is 5.91 Å². The lowest BCUT2D eigenvalue weighted by molar-refractivity contribution is -0.121. The Morgan fingerprint density at radius 2 is 1.59 bits per heavy atom. The third-order valence-electron chi connectivity index (χ3n) is 3.73. The molecule has 2 N–H and O–H groups in total. The smallest absolute Gasteiger partial charge is 0.242 e. The molecule has 0 bridgehead atoms. The Morgan fingerprint density at radius 3 is 2.18 bits per heavy atom. The molecule has 3 nitrogen and oxygen atoms in total. The molecular formula is C19H24N2O. The van der Waals surface area contributed by atoms with E-state index in [0.29, 0.717) is 6.54 Å². The number of aryl methyl sites for hydroxylation is 2. The molecular weight excluding hydrogens is 272 g/mol. The summed E-state index contributed by atoms with van der Waals surface area (Å²) in [6, 6.07) is 16.1. The summed E-state index contributed by atoms with van der Waals surface area (Å²) in [5, 5.41) is 6.19. The highest BCUT2D eigenvalue weighted by molar-refractivity contribution is 5.84. The van der Waals surface area contributed by atoms with Crippen LogP contribution in [0.25, 0.3) is 0 Å². The maximum atomic E-state index is 12.1. The lowest BCUT2D eigenvalue weighted by Gasteiger charge is -2.15. The van der Waals surface area contributed by atoms with Crippen molar-refractivity contribution < 1.29 is 4.79 Å². The summed E-state index contributed by atoms with van der Waals surface area (Å²) in [5.74, 6) is 0.000132. The van der Waals surface area contributed by atoms with Gasteiger partial charge in [-0.2, -0.15) is 0 Å². The standard InChI is InChI=1S/C19H24N2O/c1-4-16-9-11-18(12-10-16)21-15(3)19(22)20-13-17-7-5-14(2)6-8-17/h5-12,15,21H,4,13H2,1-3H3,(H,20,22). The van der Waals surface area contributed by atoms with Crippen molar-refractivity contribution in [3.8, 4) is 0 Å². The van der Waals surface area contributed by atoms with Crippen molar-refractivity contribution >= 4 is 11.6 Å². The minimum atomic E-state index is -0.266. The van der Waals surface area contributed by atoms with Crippen LogP contribution in [0.1, 0.15) is 30.5 Å². The lowest BCUT2D eigenvalue weighted by Crippen LogP contribution is -2.37. The van der Waals surface area contributed by atoms with E-state index in [2.05, 4.69) is 48.7 Å². The van der Waals surface area contributed by atoms with Crippen molar-refractivity contribution in [2.45, 2.75) is 39.8 Å². The molecule has 0 saturated carbocycles. The number of rotatable bonds is 6. The molecule has 0 spiro atoms. The van der Waals surface area contributed by atoms with Crippen LogP contribution in [0.15, 0.2) is 48.5 Å². The number of hydrogen-bond donors (Lipinski definition) is 2. The normalized spacial score (nSPS) is 11.8. The summed E-state index contributed by atoms with van der Waals surface area (Å²) in [6.45, 7) is 6.61. The van der Waals surface area contributed by atoms with Gasteiger partial charge in [-0.25, -0.2) is 0 Å². The molecule has 1 amide bonds. The monoisotopic (exact) mass is 296 g/mol. The van der Waals surface area contributed by atoms with Crippen LogP contribution in [-0.4, -0.2) is 11.9 Å². The van der Waals surface area contributed by atoms with Gasteiger partial charge in [-0.05, 0) is 43.5 Å².